The van der Waals surface area contributed by atoms with Gasteiger partial charge in [0.1, 0.15) is 11.3 Å². The molecule has 0 spiro atoms. The summed E-state index contributed by atoms with van der Waals surface area (Å²) < 4.78 is 39.9. The lowest BCUT2D eigenvalue weighted by atomic mass is 10.1. The highest BCUT2D eigenvalue weighted by Crippen LogP contribution is 2.29. The molecule has 2 heterocycles. The van der Waals surface area contributed by atoms with Gasteiger partial charge in [-0.2, -0.15) is 0 Å². The highest BCUT2D eigenvalue weighted by molar-refractivity contribution is 7.92. The second kappa shape index (κ2) is 6.10. The Labute approximate surface area is 159 Å². The summed E-state index contributed by atoms with van der Waals surface area (Å²) in [6.07, 6.45) is 0. The molecule has 0 atom stereocenters. The lowest BCUT2D eigenvalue weighted by molar-refractivity contribution is 0.101. The first-order valence-electron chi connectivity index (χ1n) is 8.34. The van der Waals surface area contributed by atoms with E-state index in [0.29, 0.717) is 27.8 Å². The second-order valence-electron chi connectivity index (χ2n) is 6.46. The molecule has 0 unspecified atom stereocenters. The molecule has 0 saturated heterocycles. The number of hydrogen-bond donors (Lipinski definition) is 1. The van der Waals surface area contributed by atoms with Crippen LogP contribution in [0.5, 0.6) is 0 Å². The molecule has 0 aliphatic carbocycles. The number of oxazole rings is 1. The van der Waals surface area contributed by atoms with Crippen LogP contribution in [0, 0.1) is 6.92 Å². The predicted octanol–water partition coefficient (Wildman–Crippen LogP) is 3.19. The first-order chi connectivity index (χ1) is 13.2. The molecule has 0 amide bonds. The normalized spacial score (nSPS) is 12.0. The van der Waals surface area contributed by atoms with Gasteiger partial charge in [0.25, 0.3) is 10.0 Å². The van der Waals surface area contributed by atoms with E-state index in [0.717, 1.165) is 0 Å². The highest BCUT2D eigenvalue weighted by atomic mass is 32.2. The van der Waals surface area contributed by atoms with Crippen molar-refractivity contribution in [2.24, 2.45) is 7.05 Å². The highest BCUT2D eigenvalue weighted by Gasteiger charge is 2.19. The zero-order valence-electron chi connectivity index (χ0n) is 15.3. The van der Waals surface area contributed by atoms with Crippen LogP contribution in [0.25, 0.3) is 22.1 Å². The van der Waals surface area contributed by atoms with Gasteiger partial charge >= 0.3 is 5.76 Å². The number of benzene rings is 2. The van der Waals surface area contributed by atoms with E-state index < -0.39 is 15.8 Å². The summed E-state index contributed by atoms with van der Waals surface area (Å²) in [4.78, 5) is 23.4. The first-order valence-corrected chi connectivity index (χ1v) is 9.82. The maximum atomic E-state index is 12.8. The molecular weight excluding hydrogens is 384 g/mol. The standard InChI is InChI=1S/C19H16N2O6S/c1-10(22)18-11(2)26-16-7-4-12(8-14(16)18)20-28(24,25)13-5-6-15-17(9-13)27-19(23)21(15)3/h4-9,20H,1-3H3. The van der Waals surface area contributed by atoms with Crippen LogP contribution in [0.2, 0.25) is 0 Å². The van der Waals surface area contributed by atoms with E-state index in [1.807, 2.05) is 0 Å². The van der Waals surface area contributed by atoms with Crippen LogP contribution in [0.15, 0.2) is 54.9 Å². The van der Waals surface area contributed by atoms with Gasteiger partial charge in [-0.25, -0.2) is 13.2 Å². The summed E-state index contributed by atoms with van der Waals surface area (Å²) in [5, 5.41) is 0.537. The van der Waals surface area contributed by atoms with Crippen LogP contribution in [-0.4, -0.2) is 18.8 Å². The number of ketones is 1. The third-order valence-electron chi connectivity index (χ3n) is 4.54. The number of carbonyl (C=O) groups is 1. The zero-order valence-corrected chi connectivity index (χ0v) is 16.1. The number of rotatable bonds is 4. The van der Waals surface area contributed by atoms with Gasteiger partial charge in [-0.3, -0.25) is 14.1 Å². The van der Waals surface area contributed by atoms with Gasteiger partial charge < -0.3 is 8.83 Å². The number of hydrogen-bond acceptors (Lipinski definition) is 6. The topological polar surface area (TPSA) is 112 Å². The number of furan rings is 1. The zero-order chi connectivity index (χ0) is 20.2. The van der Waals surface area contributed by atoms with Crippen molar-refractivity contribution < 1.29 is 22.0 Å². The first kappa shape index (κ1) is 18.1. The van der Waals surface area contributed by atoms with Crippen molar-refractivity contribution in [3.8, 4) is 0 Å². The Morgan fingerprint density at radius 3 is 2.54 bits per heavy atom. The average Bonchev–Trinajstić information content (AvgIpc) is 3.09. The number of aromatic nitrogens is 1. The maximum absolute atomic E-state index is 12.8. The molecule has 28 heavy (non-hydrogen) atoms. The van der Waals surface area contributed by atoms with Crippen LogP contribution < -0.4 is 10.5 Å². The number of anilines is 1. The van der Waals surface area contributed by atoms with E-state index in [4.69, 9.17) is 8.83 Å². The maximum Gasteiger partial charge on any atom is 0.419 e. The molecule has 0 radical (unpaired) electrons. The number of nitrogens with zero attached hydrogens (tertiary/aromatic N) is 1. The summed E-state index contributed by atoms with van der Waals surface area (Å²) in [6, 6.07) is 8.90. The lowest BCUT2D eigenvalue weighted by Gasteiger charge is -2.08. The predicted molar refractivity (Wildman–Crippen MR) is 103 cm³/mol. The largest absolute Gasteiger partial charge is 0.461 e. The smallest absolute Gasteiger partial charge is 0.419 e. The molecule has 2 aromatic heterocycles. The van der Waals surface area contributed by atoms with Crippen LogP contribution in [0.3, 0.4) is 0 Å². The van der Waals surface area contributed by atoms with Crippen LogP contribution in [0.1, 0.15) is 23.0 Å². The van der Waals surface area contributed by atoms with E-state index in [-0.39, 0.29) is 21.9 Å². The Bertz CT molecular complexity index is 1420. The number of sulfonamides is 1. The fourth-order valence-corrected chi connectivity index (χ4v) is 4.28. The van der Waals surface area contributed by atoms with Gasteiger partial charge in [0, 0.05) is 24.2 Å². The summed E-state index contributed by atoms with van der Waals surface area (Å²) >= 11 is 0. The molecule has 0 saturated carbocycles. The molecular formula is C19H16N2O6S. The molecule has 4 aromatic rings. The van der Waals surface area contributed by atoms with Crippen LogP contribution in [0.4, 0.5) is 5.69 Å². The molecule has 1 N–H and O–H groups in total. The minimum atomic E-state index is -3.94. The summed E-state index contributed by atoms with van der Waals surface area (Å²) in [6.45, 7) is 3.11. The molecule has 9 heteroatoms. The number of fused-ring (bicyclic) bond motifs is 2. The van der Waals surface area contributed by atoms with Crippen LogP contribution in [-0.2, 0) is 17.1 Å². The van der Waals surface area contributed by atoms with E-state index in [2.05, 4.69) is 4.72 Å². The van der Waals surface area contributed by atoms with Gasteiger partial charge in [-0.05, 0) is 44.2 Å². The van der Waals surface area contributed by atoms with Crippen molar-refractivity contribution in [3.05, 3.63) is 58.3 Å². The fourth-order valence-electron chi connectivity index (χ4n) is 3.22. The third-order valence-corrected chi connectivity index (χ3v) is 5.92. The lowest BCUT2D eigenvalue weighted by Crippen LogP contribution is -2.13. The van der Waals surface area contributed by atoms with E-state index in [9.17, 15) is 18.0 Å². The molecule has 0 aliphatic rings. The van der Waals surface area contributed by atoms with Crippen molar-refractivity contribution >= 4 is 43.6 Å². The number of Topliss-reactive ketones (excluding diaryl/α,β-unsaturated/α-hetero) is 1. The minimum Gasteiger partial charge on any atom is -0.461 e. The Hall–Kier alpha value is -3.33. The summed E-state index contributed by atoms with van der Waals surface area (Å²) in [5.41, 5.74) is 1.87. The molecule has 144 valence electrons. The molecule has 0 fully saturated rings. The summed E-state index contributed by atoms with van der Waals surface area (Å²) in [7, 11) is -2.40. The van der Waals surface area contributed by atoms with Gasteiger partial charge in [-0.15, -0.1) is 0 Å². The third kappa shape index (κ3) is 2.80. The number of nitrogens with one attached hydrogen (secondary N) is 1. The molecule has 0 aliphatic heterocycles. The monoisotopic (exact) mass is 400 g/mol. The second-order valence-corrected chi connectivity index (χ2v) is 8.14. The van der Waals surface area contributed by atoms with Gasteiger partial charge in [-0.1, -0.05) is 0 Å². The van der Waals surface area contributed by atoms with Crippen molar-refractivity contribution in [2.75, 3.05) is 4.72 Å². The quantitative estimate of drug-likeness (QED) is 0.527. The fraction of sp³-hybridized carbons (Fsp3) is 0.158. The molecule has 8 nitrogen and oxygen atoms in total. The van der Waals surface area contributed by atoms with Crippen molar-refractivity contribution in [2.45, 2.75) is 18.7 Å². The van der Waals surface area contributed by atoms with E-state index >= 15 is 0 Å². The Morgan fingerprint density at radius 1 is 1.07 bits per heavy atom. The van der Waals surface area contributed by atoms with E-state index in [1.165, 1.54) is 36.7 Å². The molecule has 2 aromatic carbocycles. The average molecular weight is 400 g/mol. The van der Waals surface area contributed by atoms with Gasteiger partial charge in [0.05, 0.1) is 16.0 Å². The SMILES string of the molecule is CC(=O)c1c(C)oc2ccc(NS(=O)(=O)c3ccc4c(c3)oc(=O)n4C)cc12. The number of aryl methyl sites for hydroxylation is 2. The Balaban J connectivity index is 1.76. The van der Waals surface area contributed by atoms with Crippen molar-refractivity contribution in [1.82, 2.24) is 4.57 Å². The van der Waals surface area contributed by atoms with Crippen LogP contribution >= 0.6 is 0 Å². The van der Waals surface area contributed by atoms with Gasteiger partial charge in [0.2, 0.25) is 0 Å². The van der Waals surface area contributed by atoms with Crippen molar-refractivity contribution in [3.63, 3.8) is 0 Å². The van der Waals surface area contributed by atoms with Gasteiger partial charge in [0.15, 0.2) is 11.4 Å². The molecule has 4 rings (SSSR count). The Kier molecular flexibility index (Phi) is 3.93. The Morgan fingerprint density at radius 2 is 1.82 bits per heavy atom. The summed E-state index contributed by atoms with van der Waals surface area (Å²) in [5.74, 6) is -0.261. The van der Waals surface area contributed by atoms with Crippen molar-refractivity contribution in [1.29, 1.82) is 0 Å². The van der Waals surface area contributed by atoms with E-state index in [1.54, 1.807) is 25.1 Å². The molecule has 0 bridgehead atoms. The minimum absolute atomic E-state index is 0.0513. The number of carbonyl (C=O) groups excluding carboxylic acids is 1.